The summed E-state index contributed by atoms with van der Waals surface area (Å²) in [6.45, 7) is 3.71. The summed E-state index contributed by atoms with van der Waals surface area (Å²) in [7, 11) is 1.78. The maximum absolute atomic E-state index is 11.0. The predicted octanol–water partition coefficient (Wildman–Crippen LogP) is 2.64. The molecule has 0 aromatic heterocycles. The number of rotatable bonds is 4. The third kappa shape index (κ3) is 2.72. The molecule has 0 spiro atoms. The second-order valence-electron chi connectivity index (χ2n) is 4.02. The standard InChI is InChI=1S/C12H15N3O2/c1-9-5-4-6-11(15(16)17)12(9)14(3)10(2)7-8-13/h4-6,10H,7H2,1-3H3. The summed E-state index contributed by atoms with van der Waals surface area (Å²) in [6.07, 6.45) is 0.335. The minimum absolute atomic E-state index is 0.0557. The fourth-order valence-electron chi connectivity index (χ4n) is 1.74. The summed E-state index contributed by atoms with van der Waals surface area (Å²) < 4.78 is 0. The van der Waals surface area contributed by atoms with Gasteiger partial charge >= 0.3 is 0 Å². The molecule has 5 heteroatoms. The van der Waals surface area contributed by atoms with Crippen molar-refractivity contribution in [3.05, 3.63) is 33.9 Å². The average molecular weight is 233 g/mol. The normalized spacial score (nSPS) is 11.6. The highest BCUT2D eigenvalue weighted by atomic mass is 16.6. The minimum atomic E-state index is -0.391. The number of nitro groups is 1. The molecule has 0 N–H and O–H groups in total. The fraction of sp³-hybridized carbons (Fsp3) is 0.417. The van der Waals surface area contributed by atoms with Crippen molar-refractivity contribution in [2.24, 2.45) is 0 Å². The second kappa shape index (κ2) is 5.30. The molecule has 0 radical (unpaired) electrons. The van der Waals surface area contributed by atoms with Crippen molar-refractivity contribution in [3.63, 3.8) is 0 Å². The van der Waals surface area contributed by atoms with Gasteiger partial charge in [-0.15, -0.1) is 0 Å². The van der Waals surface area contributed by atoms with Crippen LogP contribution in [0.3, 0.4) is 0 Å². The molecule has 1 unspecified atom stereocenters. The molecule has 0 aliphatic heterocycles. The van der Waals surface area contributed by atoms with Crippen molar-refractivity contribution < 1.29 is 4.92 Å². The number of aryl methyl sites for hydroxylation is 1. The van der Waals surface area contributed by atoms with E-state index in [1.54, 1.807) is 18.0 Å². The van der Waals surface area contributed by atoms with Crippen LogP contribution >= 0.6 is 0 Å². The Kier molecular flexibility index (Phi) is 4.05. The molecule has 0 bridgehead atoms. The molecule has 0 heterocycles. The molecule has 90 valence electrons. The molecule has 1 atom stereocenters. The average Bonchev–Trinajstić information content (AvgIpc) is 2.28. The molecule has 0 aliphatic rings. The molecule has 1 rings (SSSR count). The van der Waals surface area contributed by atoms with Crippen LogP contribution in [-0.2, 0) is 0 Å². The highest BCUT2D eigenvalue weighted by Gasteiger charge is 2.21. The first-order valence-electron chi connectivity index (χ1n) is 5.32. The minimum Gasteiger partial charge on any atom is -0.365 e. The van der Waals surface area contributed by atoms with Gasteiger partial charge in [0.1, 0.15) is 5.69 Å². The van der Waals surface area contributed by atoms with Gasteiger partial charge < -0.3 is 4.90 Å². The molecule has 0 saturated carbocycles. The van der Waals surface area contributed by atoms with E-state index in [4.69, 9.17) is 5.26 Å². The highest BCUT2D eigenvalue weighted by molar-refractivity contribution is 5.67. The van der Waals surface area contributed by atoms with Crippen LogP contribution in [0.15, 0.2) is 18.2 Å². The van der Waals surface area contributed by atoms with Crippen LogP contribution in [0, 0.1) is 28.4 Å². The van der Waals surface area contributed by atoms with E-state index in [0.29, 0.717) is 12.1 Å². The smallest absolute Gasteiger partial charge is 0.292 e. The van der Waals surface area contributed by atoms with Gasteiger partial charge in [0, 0.05) is 19.2 Å². The number of para-hydroxylation sites is 1. The summed E-state index contributed by atoms with van der Waals surface area (Å²) >= 11 is 0. The maximum atomic E-state index is 11.0. The lowest BCUT2D eigenvalue weighted by atomic mass is 10.1. The molecule has 0 saturated heterocycles. The zero-order valence-electron chi connectivity index (χ0n) is 10.2. The maximum Gasteiger partial charge on any atom is 0.292 e. The summed E-state index contributed by atoms with van der Waals surface area (Å²) in [4.78, 5) is 12.4. The third-order valence-electron chi connectivity index (χ3n) is 2.81. The zero-order valence-corrected chi connectivity index (χ0v) is 10.2. The van der Waals surface area contributed by atoms with Crippen molar-refractivity contribution in [2.45, 2.75) is 26.3 Å². The number of hydrogen-bond acceptors (Lipinski definition) is 4. The van der Waals surface area contributed by atoms with E-state index < -0.39 is 4.92 Å². The Labute approximate surface area is 100 Å². The van der Waals surface area contributed by atoms with Crippen molar-refractivity contribution in [1.29, 1.82) is 5.26 Å². The molecule has 1 aromatic rings. The number of nitriles is 1. The van der Waals surface area contributed by atoms with Crippen LogP contribution in [0.25, 0.3) is 0 Å². The molecule has 5 nitrogen and oxygen atoms in total. The van der Waals surface area contributed by atoms with Crippen molar-refractivity contribution in [1.82, 2.24) is 0 Å². The number of nitro benzene ring substituents is 1. The molecular weight excluding hydrogens is 218 g/mol. The summed E-state index contributed by atoms with van der Waals surface area (Å²) in [5, 5.41) is 19.6. The van der Waals surface area contributed by atoms with E-state index in [2.05, 4.69) is 6.07 Å². The zero-order chi connectivity index (χ0) is 13.0. The van der Waals surface area contributed by atoms with Crippen LogP contribution in [0.5, 0.6) is 0 Å². The van der Waals surface area contributed by atoms with Crippen molar-refractivity contribution in [2.75, 3.05) is 11.9 Å². The predicted molar refractivity (Wildman–Crippen MR) is 65.9 cm³/mol. The number of hydrogen-bond donors (Lipinski definition) is 0. The summed E-state index contributed by atoms with van der Waals surface area (Å²) in [5.41, 5.74) is 1.50. The van der Waals surface area contributed by atoms with Crippen molar-refractivity contribution in [3.8, 4) is 6.07 Å². The van der Waals surface area contributed by atoms with Gasteiger partial charge in [0.15, 0.2) is 0 Å². The Morgan fingerprint density at radius 3 is 2.76 bits per heavy atom. The molecule has 0 amide bonds. The van der Waals surface area contributed by atoms with Gasteiger partial charge in [-0.1, -0.05) is 12.1 Å². The Morgan fingerprint density at radius 2 is 2.24 bits per heavy atom. The monoisotopic (exact) mass is 233 g/mol. The van der Waals surface area contributed by atoms with Crippen molar-refractivity contribution >= 4 is 11.4 Å². The molecule has 1 aromatic carbocycles. The van der Waals surface area contributed by atoms with Gasteiger partial charge in [0.2, 0.25) is 0 Å². The Balaban J connectivity index is 3.20. The van der Waals surface area contributed by atoms with Gasteiger partial charge in [-0.2, -0.15) is 5.26 Å². The number of nitrogens with zero attached hydrogens (tertiary/aromatic N) is 3. The topological polar surface area (TPSA) is 70.2 Å². The molecule has 0 aliphatic carbocycles. The molecule has 0 fully saturated rings. The summed E-state index contributed by atoms with van der Waals surface area (Å²) in [6, 6.07) is 7.00. The van der Waals surface area contributed by atoms with Crippen LogP contribution in [-0.4, -0.2) is 18.0 Å². The van der Waals surface area contributed by atoms with Gasteiger partial charge in [-0.3, -0.25) is 10.1 Å². The van der Waals surface area contributed by atoms with E-state index in [9.17, 15) is 10.1 Å². The quantitative estimate of drug-likeness (QED) is 0.592. The summed E-state index contributed by atoms with van der Waals surface area (Å²) in [5.74, 6) is 0. The van der Waals surface area contributed by atoms with Crippen LogP contribution < -0.4 is 4.90 Å². The number of benzene rings is 1. The second-order valence-corrected chi connectivity index (χ2v) is 4.02. The lowest BCUT2D eigenvalue weighted by molar-refractivity contribution is -0.384. The highest BCUT2D eigenvalue weighted by Crippen LogP contribution is 2.32. The lowest BCUT2D eigenvalue weighted by Gasteiger charge is -2.26. The van der Waals surface area contributed by atoms with Gasteiger partial charge in [-0.25, -0.2) is 0 Å². The van der Waals surface area contributed by atoms with Crippen LogP contribution in [0.1, 0.15) is 18.9 Å². The van der Waals surface area contributed by atoms with E-state index in [0.717, 1.165) is 5.56 Å². The SMILES string of the molecule is Cc1cccc([N+](=O)[O-])c1N(C)C(C)CC#N. The Hall–Kier alpha value is -2.09. The van der Waals surface area contributed by atoms with E-state index in [-0.39, 0.29) is 11.7 Å². The Bertz CT molecular complexity index is 465. The first kappa shape index (κ1) is 13.0. The van der Waals surface area contributed by atoms with E-state index in [1.807, 2.05) is 19.9 Å². The lowest BCUT2D eigenvalue weighted by Crippen LogP contribution is -2.29. The van der Waals surface area contributed by atoms with Crippen LogP contribution in [0.2, 0.25) is 0 Å². The van der Waals surface area contributed by atoms with Gasteiger partial charge in [0.25, 0.3) is 5.69 Å². The van der Waals surface area contributed by atoms with E-state index in [1.165, 1.54) is 6.07 Å². The first-order valence-corrected chi connectivity index (χ1v) is 5.32. The molecular formula is C12H15N3O2. The largest absolute Gasteiger partial charge is 0.365 e. The van der Waals surface area contributed by atoms with E-state index >= 15 is 0 Å². The van der Waals surface area contributed by atoms with Gasteiger partial charge in [-0.05, 0) is 19.4 Å². The number of anilines is 1. The van der Waals surface area contributed by atoms with Gasteiger partial charge in [0.05, 0.1) is 17.4 Å². The molecule has 17 heavy (non-hydrogen) atoms. The first-order chi connectivity index (χ1) is 7.99. The third-order valence-corrected chi connectivity index (χ3v) is 2.81. The fourth-order valence-corrected chi connectivity index (χ4v) is 1.74. The Morgan fingerprint density at radius 1 is 1.59 bits per heavy atom. The van der Waals surface area contributed by atoms with Crippen LogP contribution in [0.4, 0.5) is 11.4 Å².